The smallest absolute Gasteiger partial charge is 0.165 e. The SMILES string of the molecule is CNC(C)c1cccc(F)c1OCCCN(C)C. The number of hydrogen-bond acceptors (Lipinski definition) is 3. The maximum atomic E-state index is 13.8. The largest absolute Gasteiger partial charge is 0.490 e. The average molecular weight is 254 g/mol. The minimum Gasteiger partial charge on any atom is -0.490 e. The van der Waals surface area contributed by atoms with Gasteiger partial charge < -0.3 is 15.0 Å². The summed E-state index contributed by atoms with van der Waals surface area (Å²) in [6.07, 6.45) is 0.884. The highest BCUT2D eigenvalue weighted by Crippen LogP contribution is 2.28. The van der Waals surface area contributed by atoms with Crippen LogP contribution in [0, 0.1) is 5.82 Å². The summed E-state index contributed by atoms with van der Waals surface area (Å²) >= 11 is 0. The third kappa shape index (κ3) is 4.27. The predicted molar refractivity (Wildman–Crippen MR) is 72.5 cm³/mol. The molecule has 1 N–H and O–H groups in total. The van der Waals surface area contributed by atoms with Crippen molar-refractivity contribution in [3.63, 3.8) is 0 Å². The summed E-state index contributed by atoms with van der Waals surface area (Å²) in [6.45, 7) is 3.45. The first-order chi connectivity index (χ1) is 8.56. The number of hydrogen-bond donors (Lipinski definition) is 1. The van der Waals surface area contributed by atoms with E-state index in [1.54, 1.807) is 6.07 Å². The molecule has 0 aliphatic carbocycles. The molecule has 3 nitrogen and oxygen atoms in total. The van der Waals surface area contributed by atoms with Crippen molar-refractivity contribution in [1.82, 2.24) is 10.2 Å². The zero-order valence-corrected chi connectivity index (χ0v) is 11.7. The summed E-state index contributed by atoms with van der Waals surface area (Å²) in [5.41, 5.74) is 0.863. The van der Waals surface area contributed by atoms with Crippen molar-refractivity contribution < 1.29 is 9.13 Å². The molecule has 0 aromatic heterocycles. The predicted octanol–water partition coefficient (Wildman–Crippen LogP) is 2.44. The van der Waals surface area contributed by atoms with E-state index in [1.165, 1.54) is 6.07 Å². The summed E-state index contributed by atoms with van der Waals surface area (Å²) in [5, 5.41) is 3.10. The quantitative estimate of drug-likeness (QED) is 0.756. The van der Waals surface area contributed by atoms with Gasteiger partial charge in [0.1, 0.15) is 0 Å². The molecule has 0 fully saturated rings. The zero-order chi connectivity index (χ0) is 13.5. The van der Waals surface area contributed by atoms with Crippen LogP contribution in [-0.4, -0.2) is 39.2 Å². The van der Waals surface area contributed by atoms with Gasteiger partial charge in [-0.1, -0.05) is 12.1 Å². The highest BCUT2D eigenvalue weighted by Gasteiger charge is 2.14. The topological polar surface area (TPSA) is 24.5 Å². The summed E-state index contributed by atoms with van der Waals surface area (Å²) in [6, 6.07) is 5.12. The van der Waals surface area contributed by atoms with Crippen LogP contribution in [0.1, 0.15) is 24.9 Å². The van der Waals surface area contributed by atoms with Crippen molar-refractivity contribution in [3.05, 3.63) is 29.6 Å². The van der Waals surface area contributed by atoms with Gasteiger partial charge in [-0.05, 0) is 40.6 Å². The fourth-order valence-electron chi connectivity index (χ4n) is 1.73. The normalized spacial score (nSPS) is 12.8. The van der Waals surface area contributed by atoms with Crippen LogP contribution in [0.3, 0.4) is 0 Å². The molecule has 18 heavy (non-hydrogen) atoms. The fourth-order valence-corrected chi connectivity index (χ4v) is 1.73. The Bertz CT molecular complexity index is 369. The minimum atomic E-state index is -0.292. The van der Waals surface area contributed by atoms with Gasteiger partial charge in [0.15, 0.2) is 11.6 Å². The van der Waals surface area contributed by atoms with Crippen LogP contribution in [0.15, 0.2) is 18.2 Å². The minimum absolute atomic E-state index is 0.0737. The highest BCUT2D eigenvalue weighted by atomic mass is 19.1. The van der Waals surface area contributed by atoms with E-state index < -0.39 is 0 Å². The van der Waals surface area contributed by atoms with Gasteiger partial charge >= 0.3 is 0 Å². The first kappa shape index (κ1) is 14.9. The summed E-state index contributed by atoms with van der Waals surface area (Å²) < 4.78 is 19.4. The Balaban J connectivity index is 2.68. The molecule has 0 aliphatic rings. The Kier molecular flexibility index (Phi) is 6.09. The van der Waals surface area contributed by atoms with Gasteiger partial charge in [0.25, 0.3) is 0 Å². The van der Waals surface area contributed by atoms with E-state index in [9.17, 15) is 4.39 Å². The second-order valence-corrected chi connectivity index (χ2v) is 4.67. The zero-order valence-electron chi connectivity index (χ0n) is 11.7. The molecule has 0 saturated heterocycles. The molecular formula is C14H23FN2O. The molecule has 0 radical (unpaired) electrons. The van der Waals surface area contributed by atoms with Crippen molar-refractivity contribution in [3.8, 4) is 5.75 Å². The fraction of sp³-hybridized carbons (Fsp3) is 0.571. The molecule has 0 saturated carbocycles. The molecule has 1 atom stereocenters. The first-order valence-corrected chi connectivity index (χ1v) is 6.29. The standard InChI is InChI=1S/C14H23FN2O/c1-11(16-2)12-7-5-8-13(15)14(12)18-10-6-9-17(3)4/h5,7-8,11,16H,6,9-10H2,1-4H3. The second kappa shape index (κ2) is 7.34. The van der Waals surface area contributed by atoms with Crippen LogP contribution in [0.5, 0.6) is 5.75 Å². The second-order valence-electron chi connectivity index (χ2n) is 4.67. The molecule has 0 aliphatic heterocycles. The van der Waals surface area contributed by atoms with Crippen LogP contribution < -0.4 is 10.1 Å². The lowest BCUT2D eigenvalue weighted by Gasteiger charge is -2.17. The lowest BCUT2D eigenvalue weighted by atomic mass is 10.1. The monoisotopic (exact) mass is 254 g/mol. The molecule has 4 heteroatoms. The van der Waals surface area contributed by atoms with Gasteiger partial charge in [-0.3, -0.25) is 0 Å². The first-order valence-electron chi connectivity index (χ1n) is 6.29. The van der Waals surface area contributed by atoms with E-state index in [0.29, 0.717) is 12.4 Å². The van der Waals surface area contributed by atoms with E-state index in [4.69, 9.17) is 4.74 Å². The van der Waals surface area contributed by atoms with Crippen molar-refractivity contribution in [2.75, 3.05) is 34.3 Å². The van der Waals surface area contributed by atoms with E-state index in [-0.39, 0.29) is 11.9 Å². The number of rotatable bonds is 7. The summed E-state index contributed by atoms with van der Waals surface area (Å²) in [4.78, 5) is 2.09. The number of ether oxygens (including phenoxy) is 1. The molecule has 0 bridgehead atoms. The van der Waals surface area contributed by atoms with Gasteiger partial charge in [-0.15, -0.1) is 0 Å². The van der Waals surface area contributed by atoms with Crippen LogP contribution in [0.25, 0.3) is 0 Å². The summed E-state index contributed by atoms with van der Waals surface area (Å²) in [5.74, 6) is 0.0811. The number of para-hydroxylation sites is 1. The Morgan fingerprint density at radius 3 is 2.72 bits per heavy atom. The van der Waals surface area contributed by atoms with Crippen molar-refractivity contribution in [2.24, 2.45) is 0 Å². The maximum Gasteiger partial charge on any atom is 0.165 e. The van der Waals surface area contributed by atoms with Crippen molar-refractivity contribution in [1.29, 1.82) is 0 Å². The third-order valence-corrected chi connectivity index (χ3v) is 2.89. The molecule has 0 amide bonds. The van der Waals surface area contributed by atoms with Crippen LogP contribution in [0.4, 0.5) is 4.39 Å². The van der Waals surface area contributed by atoms with Crippen molar-refractivity contribution in [2.45, 2.75) is 19.4 Å². The molecule has 1 aromatic carbocycles. The number of benzene rings is 1. The Hall–Kier alpha value is -1.13. The lowest BCUT2D eigenvalue weighted by Crippen LogP contribution is -2.17. The molecule has 1 rings (SSSR count). The van der Waals surface area contributed by atoms with Gasteiger partial charge in [0.05, 0.1) is 6.61 Å². The lowest BCUT2D eigenvalue weighted by molar-refractivity contribution is 0.267. The van der Waals surface area contributed by atoms with Crippen LogP contribution >= 0.6 is 0 Å². The number of halogens is 1. The Morgan fingerprint density at radius 1 is 1.39 bits per heavy atom. The molecule has 1 aromatic rings. The van der Waals surface area contributed by atoms with Gasteiger partial charge in [0.2, 0.25) is 0 Å². The molecule has 102 valence electrons. The number of nitrogens with zero attached hydrogens (tertiary/aromatic N) is 1. The van der Waals surface area contributed by atoms with E-state index in [2.05, 4.69) is 10.2 Å². The van der Waals surface area contributed by atoms with Gasteiger partial charge in [-0.25, -0.2) is 4.39 Å². The van der Waals surface area contributed by atoms with Gasteiger partial charge in [-0.2, -0.15) is 0 Å². The third-order valence-electron chi connectivity index (χ3n) is 2.89. The Morgan fingerprint density at radius 2 is 2.11 bits per heavy atom. The molecular weight excluding hydrogens is 231 g/mol. The van der Waals surface area contributed by atoms with Crippen molar-refractivity contribution >= 4 is 0 Å². The van der Waals surface area contributed by atoms with Gasteiger partial charge in [0, 0.05) is 18.2 Å². The molecule has 0 spiro atoms. The van der Waals surface area contributed by atoms with E-state index in [1.807, 2.05) is 34.1 Å². The maximum absolute atomic E-state index is 13.8. The van der Waals surface area contributed by atoms with Crippen LogP contribution in [0.2, 0.25) is 0 Å². The van der Waals surface area contributed by atoms with Crippen LogP contribution in [-0.2, 0) is 0 Å². The number of nitrogens with one attached hydrogen (secondary N) is 1. The summed E-state index contributed by atoms with van der Waals surface area (Å²) in [7, 11) is 5.88. The molecule has 0 heterocycles. The molecule has 1 unspecified atom stereocenters. The highest BCUT2D eigenvalue weighted by molar-refractivity contribution is 5.37. The van der Waals surface area contributed by atoms with E-state index >= 15 is 0 Å². The average Bonchev–Trinajstić information content (AvgIpc) is 2.34. The van der Waals surface area contributed by atoms with E-state index in [0.717, 1.165) is 18.5 Å². The Labute approximate surface area is 109 Å².